The molecule has 1 heterocycles. The number of carbonyl (C=O) groups excluding carboxylic acids is 1. The predicted molar refractivity (Wildman–Crippen MR) is 97.1 cm³/mol. The second kappa shape index (κ2) is 7.63. The average molecular weight is 404 g/mol. The first-order chi connectivity index (χ1) is 11.6. The van der Waals surface area contributed by atoms with Crippen LogP contribution in [0.5, 0.6) is 0 Å². The highest BCUT2D eigenvalue weighted by molar-refractivity contribution is 9.10. The zero-order valence-electron chi connectivity index (χ0n) is 12.8. The number of aryl methyl sites for hydroxylation is 1. The number of carbonyl (C=O) groups is 1. The first-order valence-corrected chi connectivity index (χ1v) is 8.98. The summed E-state index contributed by atoms with van der Waals surface area (Å²) < 4.78 is 5.95. The van der Waals surface area contributed by atoms with Crippen molar-refractivity contribution in [2.24, 2.45) is 0 Å². The number of rotatable bonds is 5. The number of amides is 1. The van der Waals surface area contributed by atoms with Crippen LogP contribution in [0.2, 0.25) is 0 Å². The topological polar surface area (TPSA) is 68.0 Å². The minimum atomic E-state index is -0.160. The number of hydrogen-bond acceptors (Lipinski definition) is 5. The smallest absolute Gasteiger partial charge is 0.256 e. The van der Waals surface area contributed by atoms with Crippen molar-refractivity contribution in [3.63, 3.8) is 0 Å². The van der Waals surface area contributed by atoms with Crippen molar-refractivity contribution in [1.82, 2.24) is 10.1 Å². The predicted octanol–water partition coefficient (Wildman–Crippen LogP) is 4.69. The van der Waals surface area contributed by atoms with Gasteiger partial charge in [0, 0.05) is 9.37 Å². The van der Waals surface area contributed by atoms with Gasteiger partial charge in [0.25, 0.3) is 5.91 Å². The maximum atomic E-state index is 12.6. The number of thioether (sulfide) groups is 1. The lowest BCUT2D eigenvalue weighted by Crippen LogP contribution is -2.13. The molecule has 0 bridgehead atoms. The molecule has 5 nitrogen and oxygen atoms in total. The summed E-state index contributed by atoms with van der Waals surface area (Å²) in [6, 6.07) is 14.9. The fraction of sp³-hybridized carbons (Fsp3) is 0.118. The number of anilines is 1. The Hall–Kier alpha value is -2.12. The summed E-state index contributed by atoms with van der Waals surface area (Å²) in [4.78, 5) is 17.6. The van der Waals surface area contributed by atoms with Crippen LogP contribution >= 0.6 is 27.7 Å². The minimum absolute atomic E-state index is 0.160. The molecule has 0 fully saturated rings. The molecule has 0 aliphatic heterocycles. The monoisotopic (exact) mass is 403 g/mol. The molecule has 0 saturated carbocycles. The maximum absolute atomic E-state index is 12.6. The number of nitrogens with one attached hydrogen (secondary N) is 1. The van der Waals surface area contributed by atoms with E-state index in [1.165, 1.54) is 11.8 Å². The number of aromatic nitrogens is 2. The number of halogens is 1. The molecule has 0 unspecified atom stereocenters. The molecule has 0 aliphatic carbocycles. The average Bonchev–Trinajstić information content (AvgIpc) is 3.01. The SMILES string of the molecule is Cc1noc(CSc2ccccc2C(=O)Nc2ccccc2Br)n1. The largest absolute Gasteiger partial charge is 0.338 e. The van der Waals surface area contributed by atoms with Crippen LogP contribution in [0.15, 0.2) is 62.4 Å². The van der Waals surface area contributed by atoms with Gasteiger partial charge in [-0.2, -0.15) is 4.98 Å². The summed E-state index contributed by atoms with van der Waals surface area (Å²) in [5.41, 5.74) is 1.34. The number of benzene rings is 2. The van der Waals surface area contributed by atoms with E-state index < -0.39 is 0 Å². The van der Waals surface area contributed by atoms with E-state index in [1.807, 2.05) is 42.5 Å². The second-order valence-electron chi connectivity index (χ2n) is 4.95. The van der Waals surface area contributed by atoms with Crippen LogP contribution in [0, 0.1) is 6.92 Å². The summed E-state index contributed by atoms with van der Waals surface area (Å²) in [6.07, 6.45) is 0. The Balaban J connectivity index is 1.75. The first kappa shape index (κ1) is 16.7. The molecular formula is C17H14BrN3O2S. The summed E-state index contributed by atoms with van der Waals surface area (Å²) in [5.74, 6) is 1.50. The highest BCUT2D eigenvalue weighted by Gasteiger charge is 2.14. The highest BCUT2D eigenvalue weighted by atomic mass is 79.9. The molecule has 3 rings (SSSR count). The lowest BCUT2D eigenvalue weighted by molar-refractivity contribution is 0.102. The Kier molecular flexibility index (Phi) is 5.32. The van der Waals surface area contributed by atoms with Crippen LogP contribution in [-0.2, 0) is 5.75 Å². The van der Waals surface area contributed by atoms with Crippen molar-refractivity contribution in [1.29, 1.82) is 0 Å². The van der Waals surface area contributed by atoms with Gasteiger partial charge in [0.1, 0.15) is 0 Å². The minimum Gasteiger partial charge on any atom is -0.338 e. The van der Waals surface area contributed by atoms with Crippen LogP contribution < -0.4 is 5.32 Å². The van der Waals surface area contributed by atoms with E-state index in [4.69, 9.17) is 4.52 Å². The quantitative estimate of drug-likeness (QED) is 0.626. The van der Waals surface area contributed by atoms with Gasteiger partial charge >= 0.3 is 0 Å². The summed E-state index contributed by atoms with van der Waals surface area (Å²) in [6.45, 7) is 1.77. The molecule has 1 amide bonds. The Bertz CT molecular complexity index is 866. The van der Waals surface area contributed by atoms with Crippen molar-refractivity contribution >= 4 is 39.3 Å². The molecule has 7 heteroatoms. The van der Waals surface area contributed by atoms with Gasteiger partial charge in [0.2, 0.25) is 5.89 Å². The maximum Gasteiger partial charge on any atom is 0.256 e. The van der Waals surface area contributed by atoms with Crippen molar-refractivity contribution < 1.29 is 9.32 Å². The number of para-hydroxylation sites is 1. The van der Waals surface area contributed by atoms with Gasteiger partial charge in [-0.15, -0.1) is 11.8 Å². The molecule has 3 aromatic rings. The molecule has 0 atom stereocenters. The third-order valence-electron chi connectivity index (χ3n) is 3.17. The third-order valence-corrected chi connectivity index (χ3v) is 4.92. The molecule has 0 saturated heterocycles. The van der Waals surface area contributed by atoms with Crippen LogP contribution in [0.4, 0.5) is 5.69 Å². The van der Waals surface area contributed by atoms with Gasteiger partial charge in [-0.25, -0.2) is 0 Å². The second-order valence-corrected chi connectivity index (χ2v) is 6.83. The van der Waals surface area contributed by atoms with Gasteiger partial charge in [0.15, 0.2) is 5.82 Å². The van der Waals surface area contributed by atoms with Gasteiger partial charge in [-0.1, -0.05) is 29.4 Å². The van der Waals surface area contributed by atoms with Gasteiger partial charge < -0.3 is 9.84 Å². The zero-order valence-corrected chi connectivity index (χ0v) is 15.2. The van der Waals surface area contributed by atoms with Crippen molar-refractivity contribution in [3.8, 4) is 0 Å². The van der Waals surface area contributed by atoms with E-state index in [9.17, 15) is 4.79 Å². The Morgan fingerprint density at radius 1 is 1.21 bits per heavy atom. The van der Waals surface area contributed by atoms with E-state index in [-0.39, 0.29) is 5.91 Å². The van der Waals surface area contributed by atoms with Crippen molar-refractivity contribution in [2.75, 3.05) is 5.32 Å². The molecule has 0 radical (unpaired) electrons. The molecule has 24 heavy (non-hydrogen) atoms. The number of hydrogen-bond donors (Lipinski definition) is 1. The molecule has 1 aromatic heterocycles. The standard InChI is InChI=1S/C17H14BrN3O2S/c1-11-19-16(23-21-11)10-24-15-9-5-2-6-12(15)17(22)20-14-8-4-3-7-13(14)18/h2-9H,10H2,1H3,(H,20,22). The van der Waals surface area contributed by atoms with E-state index in [1.54, 1.807) is 13.0 Å². The molecule has 0 spiro atoms. The molecule has 0 aliphatic rings. The fourth-order valence-electron chi connectivity index (χ4n) is 2.07. The van der Waals surface area contributed by atoms with E-state index in [0.717, 1.165) is 15.1 Å². The Morgan fingerprint density at radius 2 is 1.96 bits per heavy atom. The molecule has 2 aromatic carbocycles. The van der Waals surface area contributed by atoms with E-state index in [2.05, 4.69) is 31.4 Å². The molecule has 122 valence electrons. The van der Waals surface area contributed by atoms with Gasteiger partial charge in [-0.3, -0.25) is 4.79 Å². The summed E-state index contributed by atoms with van der Waals surface area (Å²) >= 11 is 4.92. The lowest BCUT2D eigenvalue weighted by Gasteiger charge is -2.10. The van der Waals surface area contributed by atoms with Crippen LogP contribution in [0.3, 0.4) is 0 Å². The number of nitrogens with zero attached hydrogens (tertiary/aromatic N) is 2. The lowest BCUT2D eigenvalue weighted by atomic mass is 10.2. The Morgan fingerprint density at radius 3 is 2.71 bits per heavy atom. The zero-order chi connectivity index (χ0) is 16.9. The highest BCUT2D eigenvalue weighted by Crippen LogP contribution is 2.28. The normalized spacial score (nSPS) is 10.6. The first-order valence-electron chi connectivity index (χ1n) is 7.20. The summed E-state index contributed by atoms with van der Waals surface area (Å²) in [7, 11) is 0. The van der Waals surface area contributed by atoms with Gasteiger partial charge in [0.05, 0.1) is 17.0 Å². The fourth-order valence-corrected chi connectivity index (χ4v) is 3.34. The van der Waals surface area contributed by atoms with Crippen molar-refractivity contribution in [3.05, 3.63) is 70.3 Å². The van der Waals surface area contributed by atoms with E-state index in [0.29, 0.717) is 23.0 Å². The van der Waals surface area contributed by atoms with Crippen LogP contribution in [-0.4, -0.2) is 16.0 Å². The summed E-state index contributed by atoms with van der Waals surface area (Å²) in [5, 5.41) is 6.69. The molecular weight excluding hydrogens is 390 g/mol. The third kappa shape index (κ3) is 4.04. The Labute approximate surface area is 152 Å². The molecule has 1 N–H and O–H groups in total. The van der Waals surface area contributed by atoms with Gasteiger partial charge in [-0.05, 0) is 47.1 Å². The van der Waals surface area contributed by atoms with Crippen LogP contribution in [0.25, 0.3) is 0 Å². The van der Waals surface area contributed by atoms with Crippen LogP contribution in [0.1, 0.15) is 22.1 Å². The van der Waals surface area contributed by atoms with E-state index >= 15 is 0 Å². The van der Waals surface area contributed by atoms with Crippen molar-refractivity contribution in [2.45, 2.75) is 17.6 Å².